The van der Waals surface area contributed by atoms with E-state index in [4.69, 9.17) is 5.73 Å². The summed E-state index contributed by atoms with van der Waals surface area (Å²) in [4.78, 5) is 0. The molecule has 3 atom stereocenters. The van der Waals surface area contributed by atoms with Gasteiger partial charge in [-0.2, -0.15) is 0 Å². The fourth-order valence-electron chi connectivity index (χ4n) is 3.35. The molecule has 1 aliphatic rings. The van der Waals surface area contributed by atoms with Crippen molar-refractivity contribution in [3.05, 3.63) is 0 Å². The third-order valence-corrected chi connectivity index (χ3v) is 6.41. The molecule has 0 heterocycles. The fraction of sp³-hybridized carbons (Fsp3) is 1.00. The summed E-state index contributed by atoms with van der Waals surface area (Å²) in [6.07, 6.45) is 13.9. The summed E-state index contributed by atoms with van der Waals surface area (Å²) in [5.74, 6) is 0.416. The van der Waals surface area contributed by atoms with Crippen LogP contribution in [0.25, 0.3) is 0 Å². The molecule has 0 amide bonds. The van der Waals surface area contributed by atoms with Gasteiger partial charge in [-0.15, -0.1) is 0 Å². The summed E-state index contributed by atoms with van der Waals surface area (Å²) >= 11 is 0. The Hall–Kier alpha value is -0.0900. The Balaban J connectivity index is 2.24. The van der Waals surface area contributed by atoms with E-state index in [1.807, 2.05) is 0 Å². The van der Waals surface area contributed by atoms with Crippen molar-refractivity contribution >= 4 is 9.84 Å². The van der Waals surface area contributed by atoms with Gasteiger partial charge in [-0.25, -0.2) is 8.42 Å². The van der Waals surface area contributed by atoms with Crippen molar-refractivity contribution in [3.8, 4) is 0 Å². The number of nitrogens with two attached hydrogens (primary N) is 1. The van der Waals surface area contributed by atoms with E-state index < -0.39 is 9.84 Å². The highest BCUT2D eigenvalue weighted by Gasteiger charge is 2.31. The SMILES string of the molecule is CCCCCCCCC(N)C1CCCC(S(C)(=O)=O)C1. The van der Waals surface area contributed by atoms with Gasteiger partial charge in [0.2, 0.25) is 0 Å². The largest absolute Gasteiger partial charge is 0.327 e. The predicted molar refractivity (Wildman–Crippen MR) is 86.6 cm³/mol. The highest BCUT2D eigenvalue weighted by molar-refractivity contribution is 7.91. The lowest BCUT2D eigenvalue weighted by atomic mass is 9.82. The Morgan fingerprint density at radius 2 is 1.75 bits per heavy atom. The van der Waals surface area contributed by atoms with Crippen molar-refractivity contribution < 1.29 is 8.42 Å². The minimum absolute atomic E-state index is 0.142. The standard InChI is InChI=1S/C16H33NO2S/c1-3-4-5-6-7-8-12-16(17)14-10-9-11-15(13-14)20(2,18)19/h14-16H,3-13,17H2,1-2H3. The third kappa shape index (κ3) is 6.57. The van der Waals surface area contributed by atoms with Crippen molar-refractivity contribution in [1.29, 1.82) is 0 Å². The van der Waals surface area contributed by atoms with Crippen LogP contribution in [0.3, 0.4) is 0 Å². The zero-order valence-electron chi connectivity index (χ0n) is 13.3. The maximum absolute atomic E-state index is 11.7. The van der Waals surface area contributed by atoms with E-state index in [-0.39, 0.29) is 11.3 Å². The highest BCUT2D eigenvalue weighted by atomic mass is 32.2. The highest BCUT2D eigenvalue weighted by Crippen LogP contribution is 2.31. The number of hydrogen-bond donors (Lipinski definition) is 1. The van der Waals surface area contributed by atoms with E-state index in [0.717, 1.165) is 32.1 Å². The van der Waals surface area contributed by atoms with Gasteiger partial charge in [0.25, 0.3) is 0 Å². The molecule has 4 heteroatoms. The minimum atomic E-state index is -2.88. The van der Waals surface area contributed by atoms with Gasteiger partial charge in [-0.05, 0) is 31.6 Å². The monoisotopic (exact) mass is 303 g/mol. The predicted octanol–water partition coefficient (Wildman–Crippen LogP) is 3.67. The first kappa shape index (κ1) is 18.0. The average molecular weight is 304 g/mol. The summed E-state index contributed by atoms with van der Waals surface area (Å²) in [6.45, 7) is 2.23. The van der Waals surface area contributed by atoms with Crippen LogP contribution < -0.4 is 5.73 Å². The van der Waals surface area contributed by atoms with Crippen LogP contribution in [-0.2, 0) is 9.84 Å². The van der Waals surface area contributed by atoms with Gasteiger partial charge < -0.3 is 5.73 Å². The Labute approximate surface area is 125 Å². The van der Waals surface area contributed by atoms with Gasteiger partial charge in [-0.1, -0.05) is 51.9 Å². The molecule has 1 aliphatic carbocycles. The first-order valence-electron chi connectivity index (χ1n) is 8.39. The molecule has 0 aromatic rings. The minimum Gasteiger partial charge on any atom is -0.327 e. The van der Waals surface area contributed by atoms with Crippen LogP contribution in [0.5, 0.6) is 0 Å². The van der Waals surface area contributed by atoms with Crippen LogP contribution in [0.4, 0.5) is 0 Å². The van der Waals surface area contributed by atoms with Gasteiger partial charge in [-0.3, -0.25) is 0 Å². The first-order valence-corrected chi connectivity index (χ1v) is 10.3. The quantitative estimate of drug-likeness (QED) is 0.661. The third-order valence-electron chi connectivity index (χ3n) is 4.77. The van der Waals surface area contributed by atoms with E-state index in [0.29, 0.717) is 5.92 Å². The number of sulfone groups is 1. The molecule has 3 nitrogen and oxygen atoms in total. The smallest absolute Gasteiger partial charge is 0.150 e. The maximum Gasteiger partial charge on any atom is 0.150 e. The van der Waals surface area contributed by atoms with Crippen LogP contribution >= 0.6 is 0 Å². The molecule has 0 bridgehead atoms. The Kier molecular flexibility index (Phi) is 8.11. The molecule has 0 aliphatic heterocycles. The van der Waals surface area contributed by atoms with E-state index in [1.54, 1.807) is 0 Å². The molecule has 20 heavy (non-hydrogen) atoms. The molecule has 120 valence electrons. The molecule has 0 aromatic carbocycles. The van der Waals surface area contributed by atoms with Gasteiger partial charge in [0.05, 0.1) is 5.25 Å². The number of rotatable bonds is 9. The zero-order chi connectivity index (χ0) is 15.0. The molecular weight excluding hydrogens is 270 g/mol. The van der Waals surface area contributed by atoms with E-state index in [9.17, 15) is 8.42 Å². The second-order valence-electron chi connectivity index (χ2n) is 6.60. The second-order valence-corrected chi connectivity index (χ2v) is 8.92. The first-order chi connectivity index (χ1) is 9.45. The lowest BCUT2D eigenvalue weighted by molar-refractivity contribution is 0.291. The van der Waals surface area contributed by atoms with Crippen molar-refractivity contribution in [3.63, 3.8) is 0 Å². The Morgan fingerprint density at radius 1 is 1.10 bits per heavy atom. The van der Waals surface area contributed by atoms with Crippen molar-refractivity contribution in [2.45, 2.75) is 88.8 Å². The normalized spacial score (nSPS) is 25.6. The second kappa shape index (κ2) is 9.04. The molecular formula is C16H33NO2S. The Morgan fingerprint density at radius 3 is 2.40 bits per heavy atom. The van der Waals surface area contributed by atoms with Crippen LogP contribution in [0.15, 0.2) is 0 Å². The summed E-state index contributed by atoms with van der Waals surface area (Å²) in [6, 6.07) is 0.200. The van der Waals surface area contributed by atoms with Gasteiger partial charge in [0.1, 0.15) is 9.84 Å². The van der Waals surface area contributed by atoms with Crippen LogP contribution in [0, 0.1) is 5.92 Å². The van der Waals surface area contributed by atoms with Gasteiger partial charge >= 0.3 is 0 Å². The molecule has 0 spiro atoms. The molecule has 1 fully saturated rings. The van der Waals surface area contributed by atoms with Crippen LogP contribution in [0.2, 0.25) is 0 Å². The number of unbranched alkanes of at least 4 members (excludes halogenated alkanes) is 5. The Bertz CT molecular complexity index is 353. The molecule has 1 rings (SSSR count). The zero-order valence-corrected chi connectivity index (χ0v) is 14.1. The summed E-state index contributed by atoms with van der Waals surface area (Å²) in [7, 11) is -2.88. The summed E-state index contributed by atoms with van der Waals surface area (Å²) < 4.78 is 23.3. The molecule has 0 saturated heterocycles. The molecule has 0 radical (unpaired) electrons. The van der Waals surface area contributed by atoms with E-state index >= 15 is 0 Å². The lowest BCUT2D eigenvalue weighted by Crippen LogP contribution is -2.37. The van der Waals surface area contributed by atoms with Crippen molar-refractivity contribution in [2.24, 2.45) is 11.7 Å². The molecule has 0 aromatic heterocycles. The van der Waals surface area contributed by atoms with Crippen molar-refractivity contribution in [1.82, 2.24) is 0 Å². The summed E-state index contributed by atoms with van der Waals surface area (Å²) in [5.41, 5.74) is 6.30. The maximum atomic E-state index is 11.7. The topological polar surface area (TPSA) is 60.2 Å². The van der Waals surface area contributed by atoms with E-state index in [1.165, 1.54) is 44.8 Å². The van der Waals surface area contributed by atoms with E-state index in [2.05, 4.69) is 6.92 Å². The van der Waals surface area contributed by atoms with Gasteiger partial charge in [0, 0.05) is 12.3 Å². The lowest BCUT2D eigenvalue weighted by Gasteiger charge is -2.32. The molecule has 2 N–H and O–H groups in total. The van der Waals surface area contributed by atoms with Crippen LogP contribution in [-0.4, -0.2) is 26.0 Å². The van der Waals surface area contributed by atoms with Crippen molar-refractivity contribution in [2.75, 3.05) is 6.26 Å². The number of hydrogen-bond acceptors (Lipinski definition) is 3. The van der Waals surface area contributed by atoms with Crippen LogP contribution in [0.1, 0.15) is 77.6 Å². The molecule has 1 saturated carbocycles. The average Bonchev–Trinajstić information content (AvgIpc) is 2.41. The summed E-state index contributed by atoms with van der Waals surface area (Å²) in [5, 5.41) is -0.142. The van der Waals surface area contributed by atoms with Gasteiger partial charge in [0.15, 0.2) is 0 Å². The fourth-order valence-corrected chi connectivity index (χ4v) is 4.55. The molecule has 3 unspecified atom stereocenters.